The molecule has 7 heteroatoms. The highest BCUT2D eigenvalue weighted by Crippen LogP contribution is 2.29. The monoisotopic (exact) mass is 316 g/mol. The van der Waals surface area contributed by atoms with Gasteiger partial charge in [-0.1, -0.05) is 18.2 Å². The quantitative estimate of drug-likeness (QED) is 0.653. The molecule has 0 fully saturated rings. The lowest BCUT2D eigenvalue weighted by atomic mass is 10.2. The van der Waals surface area contributed by atoms with Crippen molar-refractivity contribution in [3.63, 3.8) is 0 Å². The number of ether oxygens (including phenoxy) is 2. The number of rotatable bonds is 6. The number of nitrogens with one attached hydrogen (secondary N) is 1. The predicted molar refractivity (Wildman–Crippen MR) is 84.8 cm³/mol. The predicted octanol–water partition coefficient (Wildman–Crippen LogP) is 3.01. The summed E-state index contributed by atoms with van der Waals surface area (Å²) < 4.78 is 10.6. The number of carbonyl (C=O) groups is 1. The first-order valence-electron chi connectivity index (χ1n) is 6.86. The number of para-hydroxylation sites is 1. The number of nitro benzene ring substituents is 1. The molecule has 0 aliphatic carbocycles. The zero-order chi connectivity index (χ0) is 16.8. The molecule has 7 nitrogen and oxygen atoms in total. The zero-order valence-electron chi connectivity index (χ0n) is 12.7. The number of amides is 1. The van der Waals surface area contributed by atoms with Gasteiger partial charge in [-0.2, -0.15) is 0 Å². The average molecular weight is 316 g/mol. The molecule has 120 valence electrons. The molecule has 1 N–H and O–H groups in total. The van der Waals surface area contributed by atoms with E-state index in [9.17, 15) is 14.9 Å². The zero-order valence-corrected chi connectivity index (χ0v) is 12.7. The molecule has 1 atom stereocenters. The summed E-state index contributed by atoms with van der Waals surface area (Å²) in [6.45, 7) is 1.61. The molecule has 0 bridgehead atoms. The summed E-state index contributed by atoms with van der Waals surface area (Å²) in [4.78, 5) is 22.4. The molecule has 1 unspecified atom stereocenters. The molecule has 0 heterocycles. The number of methoxy groups -OCH3 is 1. The van der Waals surface area contributed by atoms with E-state index in [2.05, 4.69) is 5.32 Å². The van der Waals surface area contributed by atoms with Crippen molar-refractivity contribution in [2.75, 3.05) is 12.4 Å². The Morgan fingerprint density at radius 1 is 1.22 bits per heavy atom. The number of nitrogens with zero attached hydrogens (tertiary/aromatic N) is 1. The summed E-state index contributed by atoms with van der Waals surface area (Å²) in [5.41, 5.74) is 0.222. The molecule has 2 rings (SSSR count). The molecule has 0 saturated carbocycles. The third kappa shape index (κ3) is 4.19. The Morgan fingerprint density at radius 2 is 1.91 bits per heavy atom. The van der Waals surface area contributed by atoms with Gasteiger partial charge in [0, 0.05) is 6.07 Å². The Kier molecular flexibility index (Phi) is 5.14. The van der Waals surface area contributed by atoms with Gasteiger partial charge in [0.25, 0.3) is 11.6 Å². The van der Waals surface area contributed by atoms with E-state index < -0.39 is 11.0 Å². The van der Waals surface area contributed by atoms with Crippen molar-refractivity contribution in [3.05, 3.63) is 58.6 Å². The number of hydrogen-bond donors (Lipinski definition) is 1. The van der Waals surface area contributed by atoms with E-state index in [1.807, 2.05) is 6.07 Å². The van der Waals surface area contributed by atoms with Crippen LogP contribution in [0.25, 0.3) is 0 Å². The Balaban J connectivity index is 2.08. The number of hydrogen-bond acceptors (Lipinski definition) is 5. The van der Waals surface area contributed by atoms with Crippen molar-refractivity contribution in [1.29, 1.82) is 0 Å². The van der Waals surface area contributed by atoms with Gasteiger partial charge in [-0.25, -0.2) is 0 Å². The summed E-state index contributed by atoms with van der Waals surface area (Å²) in [5.74, 6) is 0.395. The van der Waals surface area contributed by atoms with Gasteiger partial charge in [0.1, 0.15) is 11.5 Å². The van der Waals surface area contributed by atoms with Crippen LogP contribution in [0.15, 0.2) is 48.5 Å². The minimum Gasteiger partial charge on any atom is -0.494 e. The van der Waals surface area contributed by atoms with E-state index in [1.54, 1.807) is 31.2 Å². The van der Waals surface area contributed by atoms with Crippen molar-refractivity contribution < 1.29 is 19.2 Å². The fourth-order valence-corrected chi connectivity index (χ4v) is 1.89. The third-order valence-corrected chi connectivity index (χ3v) is 3.08. The molecule has 2 aromatic rings. The maximum absolute atomic E-state index is 12.2. The number of benzene rings is 2. The Labute approximate surface area is 133 Å². The first-order chi connectivity index (χ1) is 11.0. The molecular formula is C16H16N2O5. The highest BCUT2D eigenvalue weighted by atomic mass is 16.6. The molecule has 0 saturated heterocycles. The highest BCUT2D eigenvalue weighted by Gasteiger charge is 2.18. The number of anilines is 1. The Hall–Kier alpha value is -3.09. The van der Waals surface area contributed by atoms with Crippen molar-refractivity contribution in [1.82, 2.24) is 0 Å². The lowest BCUT2D eigenvalue weighted by Gasteiger charge is -2.16. The number of non-ortho nitro benzene ring substituents is 1. The van der Waals surface area contributed by atoms with Crippen molar-refractivity contribution in [2.45, 2.75) is 13.0 Å². The number of carbonyl (C=O) groups excluding carboxylic acids is 1. The van der Waals surface area contributed by atoms with Gasteiger partial charge in [0.15, 0.2) is 6.10 Å². The highest BCUT2D eigenvalue weighted by molar-refractivity contribution is 5.95. The molecule has 0 aromatic heterocycles. The molecule has 1 amide bonds. The van der Waals surface area contributed by atoms with Crippen molar-refractivity contribution >= 4 is 17.3 Å². The summed E-state index contributed by atoms with van der Waals surface area (Å²) in [6.07, 6.45) is -0.739. The van der Waals surface area contributed by atoms with E-state index in [-0.39, 0.29) is 17.3 Å². The first kappa shape index (κ1) is 16.3. The fourth-order valence-electron chi connectivity index (χ4n) is 1.89. The van der Waals surface area contributed by atoms with E-state index in [0.29, 0.717) is 11.4 Å². The van der Waals surface area contributed by atoms with Crippen LogP contribution in [-0.2, 0) is 4.79 Å². The van der Waals surface area contributed by atoms with Gasteiger partial charge in [0.05, 0.1) is 23.8 Å². The first-order valence-corrected chi connectivity index (χ1v) is 6.86. The van der Waals surface area contributed by atoms with E-state index in [0.717, 1.165) is 0 Å². The van der Waals surface area contributed by atoms with E-state index >= 15 is 0 Å². The molecule has 0 radical (unpaired) electrons. The molecule has 0 spiro atoms. The van der Waals surface area contributed by atoms with Crippen LogP contribution in [0.4, 0.5) is 11.4 Å². The normalized spacial score (nSPS) is 11.4. The smallest absolute Gasteiger partial charge is 0.273 e. The summed E-state index contributed by atoms with van der Waals surface area (Å²) in [7, 11) is 1.37. The number of nitro groups is 1. The Morgan fingerprint density at radius 3 is 2.52 bits per heavy atom. The second-order valence-electron chi connectivity index (χ2n) is 4.70. The minimum atomic E-state index is -0.739. The lowest BCUT2D eigenvalue weighted by molar-refractivity contribution is -0.384. The van der Waals surface area contributed by atoms with Crippen LogP contribution < -0.4 is 14.8 Å². The van der Waals surface area contributed by atoms with Gasteiger partial charge in [-0.15, -0.1) is 0 Å². The van der Waals surface area contributed by atoms with Gasteiger partial charge in [-0.05, 0) is 25.1 Å². The molecule has 23 heavy (non-hydrogen) atoms. The second kappa shape index (κ2) is 7.26. The van der Waals surface area contributed by atoms with Crippen LogP contribution in [-0.4, -0.2) is 24.0 Å². The summed E-state index contributed by atoms with van der Waals surface area (Å²) in [5, 5.41) is 13.4. The maximum atomic E-state index is 12.2. The molecular weight excluding hydrogens is 300 g/mol. The van der Waals surface area contributed by atoms with Crippen LogP contribution in [0.2, 0.25) is 0 Å². The summed E-state index contributed by atoms with van der Waals surface area (Å²) >= 11 is 0. The van der Waals surface area contributed by atoms with E-state index in [1.165, 1.54) is 25.3 Å². The molecule has 2 aromatic carbocycles. The topological polar surface area (TPSA) is 90.7 Å². The lowest BCUT2D eigenvalue weighted by Crippen LogP contribution is -2.30. The molecule has 0 aliphatic heterocycles. The summed E-state index contributed by atoms with van der Waals surface area (Å²) in [6, 6.07) is 12.9. The fraction of sp³-hybridized carbons (Fsp3) is 0.188. The van der Waals surface area contributed by atoms with Crippen molar-refractivity contribution in [2.24, 2.45) is 0 Å². The van der Waals surface area contributed by atoms with Crippen molar-refractivity contribution in [3.8, 4) is 11.5 Å². The standard InChI is InChI=1S/C16H16N2O5/c1-11(23-13-6-4-3-5-7-13)16(19)17-14-9-8-12(18(20)21)10-15(14)22-2/h3-11H,1-2H3,(H,17,19). The van der Waals surface area contributed by atoms with Crippen LogP contribution in [0.3, 0.4) is 0 Å². The third-order valence-electron chi connectivity index (χ3n) is 3.08. The largest absolute Gasteiger partial charge is 0.494 e. The van der Waals surface area contributed by atoms with Crippen LogP contribution in [0.1, 0.15) is 6.92 Å². The van der Waals surface area contributed by atoms with Crippen LogP contribution in [0.5, 0.6) is 11.5 Å². The average Bonchev–Trinajstić information content (AvgIpc) is 2.55. The molecule has 0 aliphatic rings. The van der Waals surface area contributed by atoms with E-state index in [4.69, 9.17) is 9.47 Å². The van der Waals surface area contributed by atoms with Crippen LogP contribution in [0, 0.1) is 10.1 Å². The van der Waals surface area contributed by atoms with Gasteiger partial charge >= 0.3 is 0 Å². The SMILES string of the molecule is COc1cc([N+](=O)[O-])ccc1NC(=O)C(C)Oc1ccccc1. The van der Waals surface area contributed by atoms with Gasteiger partial charge in [0.2, 0.25) is 0 Å². The minimum absolute atomic E-state index is 0.117. The van der Waals surface area contributed by atoms with Crippen LogP contribution >= 0.6 is 0 Å². The van der Waals surface area contributed by atoms with Gasteiger partial charge in [-0.3, -0.25) is 14.9 Å². The maximum Gasteiger partial charge on any atom is 0.273 e. The van der Waals surface area contributed by atoms with Gasteiger partial charge < -0.3 is 14.8 Å². The second-order valence-corrected chi connectivity index (χ2v) is 4.70. The Bertz CT molecular complexity index is 703.